The van der Waals surface area contributed by atoms with Crippen LogP contribution < -0.4 is 5.32 Å². The molecule has 0 spiro atoms. The average molecular weight is 385 g/mol. The molecule has 0 bridgehead atoms. The van der Waals surface area contributed by atoms with Gasteiger partial charge in [-0.3, -0.25) is 4.57 Å². The smallest absolute Gasteiger partial charge is 0.167 e. The summed E-state index contributed by atoms with van der Waals surface area (Å²) in [5.74, 6) is 0.568. The molecule has 9 heteroatoms. The molecule has 0 saturated carbocycles. The lowest BCUT2D eigenvalue weighted by Gasteiger charge is -2.16. The Bertz CT molecular complexity index is 971. The van der Waals surface area contributed by atoms with Crippen LogP contribution >= 0.6 is 0 Å². The minimum absolute atomic E-state index is 0.390. The maximum Gasteiger partial charge on any atom is 0.167 e. The third-order valence-corrected chi connectivity index (χ3v) is 5.23. The summed E-state index contributed by atoms with van der Waals surface area (Å²) in [4.78, 5) is 12.9. The number of hydrogen-bond donors (Lipinski definition) is 4. The van der Waals surface area contributed by atoms with Crippen molar-refractivity contribution in [1.82, 2.24) is 19.5 Å². The normalized spacial score (nSPS) is 24.8. The second-order valence-corrected chi connectivity index (χ2v) is 7.00. The zero-order valence-corrected chi connectivity index (χ0v) is 15.6. The van der Waals surface area contributed by atoms with Gasteiger partial charge in [-0.1, -0.05) is 18.2 Å². The monoisotopic (exact) mass is 385 g/mol. The zero-order chi connectivity index (χ0) is 19.8. The summed E-state index contributed by atoms with van der Waals surface area (Å²) in [5, 5.41) is 32.9. The van der Waals surface area contributed by atoms with Crippen molar-refractivity contribution in [2.45, 2.75) is 44.9 Å². The van der Waals surface area contributed by atoms with Crippen LogP contribution in [-0.2, 0) is 11.3 Å². The quantitative estimate of drug-likeness (QED) is 0.505. The van der Waals surface area contributed by atoms with Gasteiger partial charge in [-0.25, -0.2) is 15.0 Å². The molecular weight excluding hydrogens is 362 g/mol. The van der Waals surface area contributed by atoms with Crippen LogP contribution in [0.5, 0.6) is 0 Å². The largest absolute Gasteiger partial charge is 0.394 e. The topological polar surface area (TPSA) is 126 Å². The highest BCUT2D eigenvalue weighted by Crippen LogP contribution is 2.32. The molecular formula is C19H23N5O4. The maximum absolute atomic E-state index is 10.3. The Hall–Kier alpha value is -2.59. The lowest BCUT2D eigenvalue weighted by Crippen LogP contribution is -2.33. The molecule has 148 valence electrons. The number of nitrogens with zero attached hydrogens (tertiary/aromatic N) is 4. The molecule has 4 N–H and O–H groups in total. The van der Waals surface area contributed by atoms with E-state index in [4.69, 9.17) is 4.74 Å². The molecule has 1 aliphatic heterocycles. The molecule has 28 heavy (non-hydrogen) atoms. The summed E-state index contributed by atoms with van der Waals surface area (Å²) in [6.07, 6.45) is -1.23. The Morgan fingerprint density at radius 3 is 2.54 bits per heavy atom. The standard InChI is InChI=1S/C19H23N5O4/c1-10-4-3-5-11(2)12(10)6-20-17-14-18(22-8-21-17)24(9-23-14)19-16(27)15(26)13(7-25)28-19/h3-5,8-9,13,15-16,19,25-27H,6-7H2,1-2H3,(H,20,21,22)/t13-,15-,16-,19-/m1/s1. The van der Waals surface area contributed by atoms with Gasteiger partial charge < -0.3 is 25.4 Å². The SMILES string of the molecule is Cc1cccc(C)c1CNc1ncnc2c1ncn2[C@@H]1O[C@H](CO)[C@@H](O)[C@H]1O. The molecule has 0 unspecified atom stereocenters. The minimum atomic E-state index is -1.20. The Morgan fingerprint density at radius 2 is 1.86 bits per heavy atom. The Kier molecular flexibility index (Phi) is 4.98. The van der Waals surface area contributed by atoms with Crippen LogP contribution in [0.15, 0.2) is 30.9 Å². The fraction of sp³-hybridized carbons (Fsp3) is 0.421. The highest BCUT2D eigenvalue weighted by atomic mass is 16.6. The van der Waals surface area contributed by atoms with E-state index in [0.717, 1.165) is 0 Å². The highest BCUT2D eigenvalue weighted by Gasteiger charge is 2.44. The van der Waals surface area contributed by atoms with E-state index in [1.807, 2.05) is 6.07 Å². The number of hydrogen-bond acceptors (Lipinski definition) is 8. The van der Waals surface area contributed by atoms with Crippen molar-refractivity contribution >= 4 is 17.0 Å². The number of aryl methyl sites for hydroxylation is 2. The van der Waals surface area contributed by atoms with Gasteiger partial charge in [0.25, 0.3) is 0 Å². The number of fused-ring (bicyclic) bond motifs is 1. The van der Waals surface area contributed by atoms with Crippen molar-refractivity contribution in [3.05, 3.63) is 47.5 Å². The number of aliphatic hydroxyl groups excluding tert-OH is 3. The Labute approximate surface area is 161 Å². The van der Waals surface area contributed by atoms with E-state index in [9.17, 15) is 15.3 Å². The van der Waals surface area contributed by atoms with Crippen molar-refractivity contribution in [3.8, 4) is 0 Å². The van der Waals surface area contributed by atoms with E-state index in [2.05, 4.69) is 46.2 Å². The predicted molar refractivity (Wildman–Crippen MR) is 102 cm³/mol. The van der Waals surface area contributed by atoms with E-state index in [1.165, 1.54) is 29.3 Å². The summed E-state index contributed by atoms with van der Waals surface area (Å²) in [7, 11) is 0. The van der Waals surface area contributed by atoms with Gasteiger partial charge in [0.05, 0.1) is 12.9 Å². The maximum atomic E-state index is 10.3. The second-order valence-electron chi connectivity index (χ2n) is 7.00. The van der Waals surface area contributed by atoms with Crippen LogP contribution in [0.25, 0.3) is 11.2 Å². The lowest BCUT2D eigenvalue weighted by atomic mass is 10.0. The number of ether oxygens (including phenoxy) is 1. The van der Waals surface area contributed by atoms with Crippen LogP contribution in [0.3, 0.4) is 0 Å². The molecule has 4 rings (SSSR count). The summed E-state index contributed by atoms with van der Waals surface area (Å²) in [6, 6.07) is 6.16. The van der Waals surface area contributed by atoms with Crippen molar-refractivity contribution in [2.75, 3.05) is 11.9 Å². The molecule has 1 fully saturated rings. The first-order valence-corrected chi connectivity index (χ1v) is 9.10. The second kappa shape index (κ2) is 7.44. The number of aromatic nitrogens is 4. The minimum Gasteiger partial charge on any atom is -0.394 e. The predicted octanol–water partition coefficient (Wildman–Crippen LogP) is 0.667. The van der Waals surface area contributed by atoms with Gasteiger partial charge in [-0.05, 0) is 30.5 Å². The van der Waals surface area contributed by atoms with E-state index in [0.29, 0.717) is 23.5 Å². The third kappa shape index (κ3) is 3.12. The highest BCUT2D eigenvalue weighted by molar-refractivity contribution is 5.82. The first-order valence-electron chi connectivity index (χ1n) is 9.10. The van der Waals surface area contributed by atoms with Crippen LogP contribution in [0, 0.1) is 13.8 Å². The molecule has 3 aromatic rings. The number of nitrogens with one attached hydrogen (secondary N) is 1. The van der Waals surface area contributed by atoms with Gasteiger partial charge in [0.1, 0.15) is 24.6 Å². The van der Waals surface area contributed by atoms with Gasteiger partial charge >= 0.3 is 0 Å². The van der Waals surface area contributed by atoms with E-state index in [-0.39, 0.29) is 6.61 Å². The molecule has 0 amide bonds. The van der Waals surface area contributed by atoms with Gasteiger partial charge in [0.2, 0.25) is 0 Å². The van der Waals surface area contributed by atoms with Crippen LogP contribution in [0.1, 0.15) is 22.9 Å². The third-order valence-electron chi connectivity index (χ3n) is 5.23. The molecule has 2 aromatic heterocycles. The molecule has 1 aromatic carbocycles. The zero-order valence-electron chi connectivity index (χ0n) is 15.6. The number of anilines is 1. The number of rotatable bonds is 5. The van der Waals surface area contributed by atoms with E-state index < -0.39 is 24.5 Å². The van der Waals surface area contributed by atoms with Crippen molar-refractivity contribution < 1.29 is 20.1 Å². The molecule has 0 radical (unpaired) electrons. The Balaban J connectivity index is 1.62. The first kappa shape index (κ1) is 18.8. The van der Waals surface area contributed by atoms with Crippen LogP contribution in [0.4, 0.5) is 5.82 Å². The first-order chi connectivity index (χ1) is 13.5. The van der Waals surface area contributed by atoms with Crippen molar-refractivity contribution in [2.24, 2.45) is 0 Å². The molecule has 1 aliphatic rings. The molecule has 1 saturated heterocycles. The number of imidazole rings is 1. The van der Waals surface area contributed by atoms with Crippen LogP contribution in [-0.4, -0.2) is 59.8 Å². The van der Waals surface area contributed by atoms with Gasteiger partial charge in [-0.15, -0.1) is 0 Å². The number of aliphatic hydroxyl groups is 3. The summed E-state index contributed by atoms with van der Waals surface area (Å²) < 4.78 is 7.13. The summed E-state index contributed by atoms with van der Waals surface area (Å²) in [5.41, 5.74) is 4.57. The van der Waals surface area contributed by atoms with Gasteiger partial charge in [0, 0.05) is 6.54 Å². The molecule has 4 atom stereocenters. The summed E-state index contributed by atoms with van der Waals surface area (Å²) >= 11 is 0. The Morgan fingerprint density at radius 1 is 1.11 bits per heavy atom. The summed E-state index contributed by atoms with van der Waals surface area (Å²) in [6.45, 7) is 4.33. The molecule has 9 nitrogen and oxygen atoms in total. The van der Waals surface area contributed by atoms with Crippen LogP contribution in [0.2, 0.25) is 0 Å². The number of benzene rings is 1. The molecule has 3 heterocycles. The van der Waals surface area contributed by atoms with Gasteiger partial charge in [0.15, 0.2) is 23.2 Å². The average Bonchev–Trinajstić information content (AvgIpc) is 3.23. The lowest BCUT2D eigenvalue weighted by molar-refractivity contribution is -0.0511. The molecule has 0 aliphatic carbocycles. The van der Waals surface area contributed by atoms with Crippen molar-refractivity contribution in [1.29, 1.82) is 0 Å². The van der Waals surface area contributed by atoms with E-state index in [1.54, 1.807) is 4.57 Å². The van der Waals surface area contributed by atoms with Crippen molar-refractivity contribution in [3.63, 3.8) is 0 Å². The fourth-order valence-electron chi connectivity index (χ4n) is 3.58. The van der Waals surface area contributed by atoms with Gasteiger partial charge in [-0.2, -0.15) is 0 Å². The van der Waals surface area contributed by atoms with E-state index >= 15 is 0 Å². The fourth-order valence-corrected chi connectivity index (χ4v) is 3.58.